The number of rotatable bonds is 3. The lowest BCUT2D eigenvalue weighted by Gasteiger charge is -2.37. The minimum absolute atomic E-state index is 0.0291. The number of benzene rings is 1. The topological polar surface area (TPSA) is 53.7 Å². The molecule has 1 aromatic carbocycles. The van der Waals surface area contributed by atoms with E-state index in [-0.39, 0.29) is 17.7 Å². The van der Waals surface area contributed by atoms with E-state index in [4.69, 9.17) is 31.5 Å². The normalized spacial score (nSPS) is 30.5. The fraction of sp³-hybridized carbons (Fsp3) is 0.625. The first kappa shape index (κ1) is 15.1. The van der Waals surface area contributed by atoms with Crippen molar-refractivity contribution in [2.45, 2.75) is 43.9 Å². The third kappa shape index (κ3) is 3.34. The van der Waals surface area contributed by atoms with Crippen LogP contribution in [0.25, 0.3) is 0 Å². The zero-order chi connectivity index (χ0) is 14.9. The van der Waals surface area contributed by atoms with Crippen LogP contribution in [-0.4, -0.2) is 31.5 Å². The fourth-order valence-corrected chi connectivity index (χ4v) is 3.26. The second kappa shape index (κ2) is 6.13. The molecular weight excluding hydrogens is 290 g/mol. The van der Waals surface area contributed by atoms with Crippen LogP contribution in [0.15, 0.2) is 18.2 Å². The van der Waals surface area contributed by atoms with E-state index < -0.39 is 0 Å². The third-order valence-electron chi connectivity index (χ3n) is 4.29. The maximum absolute atomic E-state index is 6.31. The Bertz CT molecular complexity index is 500. The average molecular weight is 312 g/mol. The Labute approximate surface area is 130 Å². The van der Waals surface area contributed by atoms with Gasteiger partial charge in [-0.15, -0.1) is 0 Å². The van der Waals surface area contributed by atoms with Crippen LogP contribution in [0.3, 0.4) is 0 Å². The second-order valence-corrected chi connectivity index (χ2v) is 6.45. The summed E-state index contributed by atoms with van der Waals surface area (Å²) in [7, 11) is 0. The lowest BCUT2D eigenvalue weighted by molar-refractivity contribution is -0.112. The molecule has 0 amide bonds. The lowest BCUT2D eigenvalue weighted by atomic mass is 9.91. The summed E-state index contributed by atoms with van der Waals surface area (Å²) in [6.07, 6.45) is 2.81. The maximum atomic E-state index is 6.31. The summed E-state index contributed by atoms with van der Waals surface area (Å²) in [6.45, 7) is 4.10. The molecule has 0 aromatic heterocycles. The van der Waals surface area contributed by atoms with Gasteiger partial charge in [-0.1, -0.05) is 17.7 Å². The first-order valence-corrected chi connectivity index (χ1v) is 7.89. The van der Waals surface area contributed by atoms with Gasteiger partial charge in [0.2, 0.25) is 0 Å². The minimum Gasteiger partial charge on any atom is -0.489 e. The molecule has 3 rings (SSSR count). The first-order valence-electron chi connectivity index (χ1n) is 7.51. The van der Waals surface area contributed by atoms with Crippen LogP contribution in [0.5, 0.6) is 5.75 Å². The Kier molecular flexibility index (Phi) is 4.41. The summed E-state index contributed by atoms with van der Waals surface area (Å²) >= 11 is 6.31. The van der Waals surface area contributed by atoms with E-state index >= 15 is 0 Å². The highest BCUT2D eigenvalue weighted by Gasteiger charge is 2.41. The van der Waals surface area contributed by atoms with E-state index in [1.54, 1.807) is 0 Å². The molecule has 2 heterocycles. The minimum atomic E-state index is -0.152. The molecule has 2 fully saturated rings. The van der Waals surface area contributed by atoms with Crippen LogP contribution >= 0.6 is 11.6 Å². The van der Waals surface area contributed by atoms with Gasteiger partial charge in [0.05, 0.1) is 23.8 Å². The number of nitrogens with two attached hydrogens (primary N) is 1. The molecular formula is C16H22ClNO3. The summed E-state index contributed by atoms with van der Waals surface area (Å²) in [6, 6.07) is 5.74. The Morgan fingerprint density at radius 2 is 2.29 bits per heavy atom. The Hall–Kier alpha value is -0.810. The van der Waals surface area contributed by atoms with E-state index in [1.165, 1.54) is 0 Å². The van der Waals surface area contributed by atoms with Crippen LogP contribution in [0.4, 0.5) is 0 Å². The van der Waals surface area contributed by atoms with Crippen LogP contribution in [-0.2, 0) is 9.47 Å². The Morgan fingerprint density at radius 1 is 1.43 bits per heavy atom. The quantitative estimate of drug-likeness (QED) is 0.932. The van der Waals surface area contributed by atoms with Crippen LogP contribution in [0.1, 0.15) is 37.8 Å². The highest BCUT2D eigenvalue weighted by Crippen LogP contribution is 2.36. The molecule has 0 bridgehead atoms. The maximum Gasteiger partial charge on any atom is 0.138 e. The molecule has 116 valence electrons. The molecule has 0 aliphatic carbocycles. The van der Waals surface area contributed by atoms with Crippen molar-refractivity contribution in [2.24, 2.45) is 5.73 Å². The van der Waals surface area contributed by atoms with Crippen molar-refractivity contribution in [1.29, 1.82) is 0 Å². The summed E-state index contributed by atoms with van der Waals surface area (Å²) in [5, 5.41) is 0.619. The van der Waals surface area contributed by atoms with Crippen molar-refractivity contribution in [3.8, 4) is 5.75 Å². The molecule has 3 atom stereocenters. The molecule has 2 unspecified atom stereocenters. The van der Waals surface area contributed by atoms with Gasteiger partial charge < -0.3 is 19.9 Å². The average Bonchev–Trinajstić information content (AvgIpc) is 2.89. The van der Waals surface area contributed by atoms with Crippen molar-refractivity contribution < 1.29 is 14.2 Å². The SMILES string of the molecule is C[C@H](N)c1ccc(OC2CCOC3(CCOC3)C2)c(Cl)c1. The van der Waals surface area contributed by atoms with Gasteiger partial charge in [0.1, 0.15) is 11.9 Å². The zero-order valence-electron chi connectivity index (χ0n) is 12.3. The standard InChI is InChI=1S/C16H22ClNO3/c1-11(18)12-2-3-15(14(17)8-12)21-13-4-6-20-16(9-13)5-7-19-10-16/h2-3,8,11,13H,4-7,9-10,18H2,1H3/t11-,13?,16?/m0/s1. The van der Waals surface area contributed by atoms with Crippen LogP contribution < -0.4 is 10.5 Å². The molecule has 2 N–H and O–H groups in total. The van der Waals surface area contributed by atoms with Crippen molar-refractivity contribution in [1.82, 2.24) is 0 Å². The van der Waals surface area contributed by atoms with E-state index in [0.717, 1.165) is 37.2 Å². The Balaban J connectivity index is 1.68. The van der Waals surface area contributed by atoms with E-state index in [0.29, 0.717) is 18.2 Å². The molecule has 2 aliphatic rings. The van der Waals surface area contributed by atoms with Crippen molar-refractivity contribution in [3.05, 3.63) is 28.8 Å². The summed E-state index contributed by atoms with van der Waals surface area (Å²) in [5.74, 6) is 0.724. The number of halogens is 1. The third-order valence-corrected chi connectivity index (χ3v) is 4.59. The molecule has 1 aromatic rings. The van der Waals surface area contributed by atoms with Gasteiger partial charge in [-0.05, 0) is 24.6 Å². The summed E-state index contributed by atoms with van der Waals surface area (Å²) in [5.41, 5.74) is 6.73. The number of hydrogen-bond donors (Lipinski definition) is 1. The van der Waals surface area contributed by atoms with Crippen molar-refractivity contribution in [3.63, 3.8) is 0 Å². The molecule has 4 nitrogen and oxygen atoms in total. The largest absolute Gasteiger partial charge is 0.489 e. The molecule has 2 saturated heterocycles. The lowest BCUT2D eigenvalue weighted by Crippen LogP contribution is -2.44. The predicted octanol–water partition coefficient (Wildman–Crippen LogP) is 3.08. The molecule has 21 heavy (non-hydrogen) atoms. The molecule has 2 aliphatic heterocycles. The highest BCUT2D eigenvalue weighted by molar-refractivity contribution is 6.32. The Morgan fingerprint density at radius 3 is 2.95 bits per heavy atom. The highest BCUT2D eigenvalue weighted by atomic mass is 35.5. The van der Waals surface area contributed by atoms with E-state index in [1.807, 2.05) is 25.1 Å². The van der Waals surface area contributed by atoms with E-state index in [9.17, 15) is 0 Å². The van der Waals surface area contributed by atoms with Gasteiger partial charge in [0.25, 0.3) is 0 Å². The number of hydrogen-bond acceptors (Lipinski definition) is 4. The van der Waals surface area contributed by atoms with Gasteiger partial charge in [-0.25, -0.2) is 0 Å². The fourth-order valence-electron chi connectivity index (χ4n) is 3.02. The molecule has 5 heteroatoms. The second-order valence-electron chi connectivity index (χ2n) is 6.05. The summed E-state index contributed by atoms with van der Waals surface area (Å²) < 4.78 is 17.5. The molecule has 1 spiro atoms. The van der Waals surface area contributed by atoms with Crippen molar-refractivity contribution in [2.75, 3.05) is 19.8 Å². The van der Waals surface area contributed by atoms with Crippen molar-refractivity contribution >= 4 is 11.6 Å². The number of ether oxygens (including phenoxy) is 3. The van der Waals surface area contributed by atoms with Gasteiger partial charge in [-0.3, -0.25) is 0 Å². The monoisotopic (exact) mass is 311 g/mol. The predicted molar refractivity (Wildman–Crippen MR) is 81.8 cm³/mol. The smallest absolute Gasteiger partial charge is 0.138 e. The summed E-state index contributed by atoms with van der Waals surface area (Å²) in [4.78, 5) is 0. The molecule has 0 radical (unpaired) electrons. The van der Waals surface area contributed by atoms with Gasteiger partial charge in [-0.2, -0.15) is 0 Å². The first-order chi connectivity index (χ1) is 10.1. The van der Waals surface area contributed by atoms with Crippen LogP contribution in [0.2, 0.25) is 5.02 Å². The van der Waals surface area contributed by atoms with Crippen LogP contribution in [0, 0.1) is 0 Å². The zero-order valence-corrected chi connectivity index (χ0v) is 13.1. The van der Waals surface area contributed by atoms with Gasteiger partial charge >= 0.3 is 0 Å². The van der Waals surface area contributed by atoms with Gasteiger partial charge in [0.15, 0.2) is 0 Å². The van der Waals surface area contributed by atoms with Gasteiger partial charge in [0, 0.05) is 31.9 Å². The molecule has 0 saturated carbocycles. The van der Waals surface area contributed by atoms with E-state index in [2.05, 4.69) is 0 Å².